The van der Waals surface area contributed by atoms with Gasteiger partial charge in [-0.3, -0.25) is 24.0 Å². The van der Waals surface area contributed by atoms with Crippen molar-refractivity contribution in [2.75, 3.05) is 6.61 Å². The molecule has 0 spiro atoms. The number of hydrogen-bond acceptors (Lipinski definition) is 8. The van der Waals surface area contributed by atoms with Gasteiger partial charge in [0.25, 0.3) is 0 Å². The SMILES string of the molecule is NC(=O)CCC(NC(=O)C(Cc1ccccc1)NC(=O)C(CO)NC(=O)C(N)CC(N)=O)C(=O)O. The molecular formula is C21H30N6O8. The lowest BCUT2D eigenvalue weighted by atomic mass is 10.0. The Morgan fingerprint density at radius 1 is 0.800 bits per heavy atom. The van der Waals surface area contributed by atoms with E-state index in [1.165, 1.54) is 0 Å². The zero-order valence-corrected chi connectivity index (χ0v) is 18.8. The van der Waals surface area contributed by atoms with Gasteiger partial charge in [0.15, 0.2) is 0 Å². The number of benzene rings is 1. The maximum Gasteiger partial charge on any atom is 0.326 e. The molecule has 1 rings (SSSR count). The topological polar surface area (TPSA) is 257 Å². The molecule has 0 bridgehead atoms. The van der Waals surface area contributed by atoms with Crippen molar-refractivity contribution >= 4 is 35.5 Å². The Labute approximate surface area is 200 Å². The van der Waals surface area contributed by atoms with Crippen LogP contribution in [-0.2, 0) is 35.2 Å². The molecule has 35 heavy (non-hydrogen) atoms. The molecule has 1 aromatic carbocycles. The molecule has 14 nitrogen and oxygen atoms in total. The molecule has 0 aliphatic rings. The number of carboxylic acid groups (broad SMARTS) is 1. The quantitative estimate of drug-likeness (QED) is 0.119. The zero-order chi connectivity index (χ0) is 26.5. The second-order valence-electron chi connectivity index (χ2n) is 7.68. The number of carboxylic acids is 1. The van der Waals surface area contributed by atoms with Gasteiger partial charge in [-0.1, -0.05) is 30.3 Å². The molecule has 4 unspecified atom stereocenters. The van der Waals surface area contributed by atoms with Gasteiger partial charge in [0.05, 0.1) is 19.1 Å². The Balaban J connectivity index is 3.01. The van der Waals surface area contributed by atoms with Crippen molar-refractivity contribution < 1.29 is 39.0 Å². The van der Waals surface area contributed by atoms with E-state index in [9.17, 15) is 39.0 Å². The molecule has 1 aromatic rings. The molecule has 0 aromatic heterocycles. The molecular weight excluding hydrogens is 464 g/mol. The highest BCUT2D eigenvalue weighted by Gasteiger charge is 2.30. The standard InChI is InChI=1S/C21H30N6O8/c22-12(9-17(24)30)18(31)27-15(10-28)20(33)26-14(8-11-4-2-1-3-5-11)19(32)25-13(21(34)35)6-7-16(23)29/h1-5,12-15,28H,6-10,22H2,(H2,23,29)(H2,24,30)(H,25,32)(H,26,33)(H,27,31)(H,34,35). The lowest BCUT2D eigenvalue weighted by Gasteiger charge is -2.24. The molecule has 0 heterocycles. The smallest absolute Gasteiger partial charge is 0.326 e. The minimum Gasteiger partial charge on any atom is -0.480 e. The number of carbonyl (C=O) groups is 6. The summed E-state index contributed by atoms with van der Waals surface area (Å²) in [6.07, 6.45) is -1.12. The predicted molar refractivity (Wildman–Crippen MR) is 121 cm³/mol. The van der Waals surface area contributed by atoms with Crippen LogP contribution in [0.2, 0.25) is 0 Å². The van der Waals surface area contributed by atoms with E-state index in [0.29, 0.717) is 5.56 Å². The first-order chi connectivity index (χ1) is 16.4. The summed E-state index contributed by atoms with van der Waals surface area (Å²) >= 11 is 0. The van der Waals surface area contributed by atoms with E-state index in [-0.39, 0.29) is 19.3 Å². The number of primary amides is 2. The molecule has 0 aliphatic carbocycles. The lowest BCUT2D eigenvalue weighted by Crippen LogP contribution is -2.58. The van der Waals surface area contributed by atoms with Crippen LogP contribution < -0.4 is 33.2 Å². The summed E-state index contributed by atoms with van der Waals surface area (Å²) in [5, 5.41) is 25.7. The number of carbonyl (C=O) groups excluding carboxylic acids is 5. The zero-order valence-electron chi connectivity index (χ0n) is 18.8. The molecule has 192 valence electrons. The summed E-state index contributed by atoms with van der Waals surface area (Å²) < 4.78 is 0. The van der Waals surface area contributed by atoms with Crippen LogP contribution in [0.4, 0.5) is 0 Å². The van der Waals surface area contributed by atoms with Gasteiger partial charge in [-0.2, -0.15) is 0 Å². The highest BCUT2D eigenvalue weighted by molar-refractivity contribution is 5.95. The second kappa shape index (κ2) is 14.3. The van der Waals surface area contributed by atoms with Crippen molar-refractivity contribution in [3.8, 4) is 0 Å². The van der Waals surface area contributed by atoms with Gasteiger partial charge in [-0.25, -0.2) is 4.79 Å². The van der Waals surface area contributed by atoms with Crippen LogP contribution in [-0.4, -0.2) is 76.5 Å². The van der Waals surface area contributed by atoms with E-state index in [0.717, 1.165) is 0 Å². The Morgan fingerprint density at radius 2 is 1.34 bits per heavy atom. The van der Waals surface area contributed by atoms with Crippen molar-refractivity contribution in [3.05, 3.63) is 35.9 Å². The predicted octanol–water partition coefficient (Wildman–Crippen LogP) is -3.77. The maximum atomic E-state index is 12.9. The first-order valence-corrected chi connectivity index (χ1v) is 10.6. The van der Waals surface area contributed by atoms with Gasteiger partial charge >= 0.3 is 5.97 Å². The van der Waals surface area contributed by atoms with Crippen molar-refractivity contribution in [1.82, 2.24) is 16.0 Å². The minimum atomic E-state index is -1.53. The average Bonchev–Trinajstić information content (AvgIpc) is 2.79. The van der Waals surface area contributed by atoms with Crippen LogP contribution in [0.25, 0.3) is 0 Å². The van der Waals surface area contributed by atoms with Gasteiger partial charge in [-0.05, 0) is 12.0 Å². The van der Waals surface area contributed by atoms with Crippen molar-refractivity contribution in [2.45, 2.75) is 49.9 Å². The number of rotatable bonds is 15. The number of hydrogen-bond donors (Lipinski definition) is 8. The van der Waals surface area contributed by atoms with Gasteiger partial charge < -0.3 is 43.4 Å². The first kappa shape index (κ1) is 29.0. The fourth-order valence-corrected chi connectivity index (χ4v) is 2.93. The van der Waals surface area contributed by atoms with Crippen LogP contribution in [0, 0.1) is 0 Å². The highest BCUT2D eigenvalue weighted by Crippen LogP contribution is 2.06. The van der Waals surface area contributed by atoms with Crippen LogP contribution in [0.1, 0.15) is 24.8 Å². The van der Waals surface area contributed by atoms with Crippen LogP contribution in [0.3, 0.4) is 0 Å². The number of aliphatic carboxylic acids is 1. The summed E-state index contributed by atoms with van der Waals surface area (Å²) in [6.45, 7) is -0.864. The molecule has 0 saturated carbocycles. The second-order valence-corrected chi connectivity index (χ2v) is 7.68. The Hall–Kier alpha value is -4.04. The average molecular weight is 495 g/mol. The minimum absolute atomic E-state index is 0.0617. The van der Waals surface area contributed by atoms with Crippen LogP contribution in [0.15, 0.2) is 30.3 Å². The van der Waals surface area contributed by atoms with Crippen molar-refractivity contribution in [2.24, 2.45) is 17.2 Å². The summed E-state index contributed by atoms with van der Waals surface area (Å²) in [5.41, 5.74) is 16.2. The van der Waals surface area contributed by atoms with Crippen LogP contribution in [0.5, 0.6) is 0 Å². The van der Waals surface area contributed by atoms with Crippen molar-refractivity contribution in [1.29, 1.82) is 0 Å². The highest BCUT2D eigenvalue weighted by atomic mass is 16.4. The number of nitrogens with one attached hydrogen (secondary N) is 3. The first-order valence-electron chi connectivity index (χ1n) is 10.6. The third kappa shape index (κ3) is 10.6. The molecule has 5 amide bonds. The number of aliphatic hydroxyl groups is 1. The molecule has 0 aliphatic heterocycles. The summed E-state index contributed by atoms with van der Waals surface area (Å²) in [7, 11) is 0. The Kier molecular flexibility index (Phi) is 11.8. The van der Waals surface area contributed by atoms with E-state index in [2.05, 4.69) is 16.0 Å². The molecule has 4 atom stereocenters. The largest absolute Gasteiger partial charge is 0.480 e. The third-order valence-corrected chi connectivity index (χ3v) is 4.78. The van der Waals surface area contributed by atoms with Gasteiger partial charge in [0.2, 0.25) is 29.5 Å². The number of aliphatic hydroxyl groups excluding tert-OH is 1. The van der Waals surface area contributed by atoms with E-state index in [1.807, 2.05) is 0 Å². The Morgan fingerprint density at radius 3 is 1.86 bits per heavy atom. The van der Waals surface area contributed by atoms with E-state index >= 15 is 0 Å². The molecule has 0 radical (unpaired) electrons. The van der Waals surface area contributed by atoms with Gasteiger partial charge in [-0.15, -0.1) is 0 Å². The molecule has 0 saturated heterocycles. The fourth-order valence-electron chi connectivity index (χ4n) is 2.93. The Bertz CT molecular complexity index is 926. The number of amides is 5. The molecule has 14 heteroatoms. The maximum absolute atomic E-state index is 12.9. The monoisotopic (exact) mass is 494 g/mol. The molecule has 0 fully saturated rings. The molecule has 11 N–H and O–H groups in total. The lowest BCUT2D eigenvalue weighted by molar-refractivity contribution is -0.142. The third-order valence-electron chi connectivity index (χ3n) is 4.78. The van der Waals surface area contributed by atoms with Crippen LogP contribution >= 0.6 is 0 Å². The summed E-state index contributed by atoms with van der Waals surface area (Å²) in [5.74, 6) is -5.79. The normalized spacial score (nSPS) is 14.0. The van der Waals surface area contributed by atoms with E-state index in [4.69, 9.17) is 17.2 Å². The van der Waals surface area contributed by atoms with E-state index < -0.39 is 72.7 Å². The van der Waals surface area contributed by atoms with Gasteiger partial charge in [0.1, 0.15) is 18.1 Å². The number of nitrogens with two attached hydrogens (primary N) is 3. The van der Waals surface area contributed by atoms with Crippen molar-refractivity contribution in [3.63, 3.8) is 0 Å². The summed E-state index contributed by atoms with van der Waals surface area (Å²) in [4.78, 5) is 71.1. The fraction of sp³-hybridized carbons (Fsp3) is 0.429. The van der Waals surface area contributed by atoms with E-state index in [1.54, 1.807) is 30.3 Å². The van der Waals surface area contributed by atoms with Gasteiger partial charge in [0, 0.05) is 12.8 Å². The summed E-state index contributed by atoms with van der Waals surface area (Å²) in [6, 6.07) is 2.79.